The van der Waals surface area contributed by atoms with E-state index >= 15 is 0 Å². The van der Waals surface area contributed by atoms with Crippen molar-refractivity contribution in [1.29, 1.82) is 0 Å². The van der Waals surface area contributed by atoms with Gasteiger partial charge in [0.2, 0.25) is 0 Å². The maximum Gasteiger partial charge on any atom is 0.308 e. The molecule has 1 aliphatic heterocycles. The normalized spacial score (nSPS) is 19.8. The Hall–Kier alpha value is -2.34. The van der Waals surface area contributed by atoms with Crippen LogP contribution in [0.1, 0.15) is 33.6 Å². The SMILES string of the molecule is CCc1cc(C(=O)N2C[C@H](C(=O)O)[C@@H](c3cccc(OC)c3)C2)cs1. The molecule has 1 N–H and O–H groups in total. The van der Waals surface area contributed by atoms with Gasteiger partial charge in [0.15, 0.2) is 0 Å². The number of benzene rings is 1. The van der Waals surface area contributed by atoms with Crippen molar-refractivity contribution in [3.63, 3.8) is 0 Å². The minimum Gasteiger partial charge on any atom is -0.497 e. The van der Waals surface area contributed by atoms with Crippen LogP contribution in [-0.2, 0) is 11.2 Å². The van der Waals surface area contributed by atoms with E-state index in [-0.39, 0.29) is 18.4 Å². The van der Waals surface area contributed by atoms with Crippen LogP contribution < -0.4 is 4.74 Å². The van der Waals surface area contributed by atoms with Gasteiger partial charge in [-0.05, 0) is 30.2 Å². The average Bonchev–Trinajstić information content (AvgIpc) is 3.28. The maximum atomic E-state index is 12.8. The molecule has 5 nitrogen and oxygen atoms in total. The lowest BCUT2D eigenvalue weighted by atomic mass is 9.89. The molecule has 0 spiro atoms. The number of methoxy groups -OCH3 is 1. The van der Waals surface area contributed by atoms with Crippen LogP contribution in [0.5, 0.6) is 5.75 Å². The number of carbonyl (C=O) groups is 2. The molecule has 0 bridgehead atoms. The Morgan fingerprint density at radius 1 is 1.32 bits per heavy atom. The molecule has 0 aliphatic carbocycles. The Bertz CT molecular complexity index is 785. The van der Waals surface area contributed by atoms with Crippen molar-refractivity contribution < 1.29 is 19.4 Å². The van der Waals surface area contributed by atoms with Gasteiger partial charge in [-0.2, -0.15) is 0 Å². The van der Waals surface area contributed by atoms with Crippen LogP contribution in [0, 0.1) is 5.92 Å². The average molecular weight is 359 g/mol. The number of amides is 1. The molecule has 2 aromatic rings. The van der Waals surface area contributed by atoms with Gasteiger partial charge >= 0.3 is 5.97 Å². The van der Waals surface area contributed by atoms with Gasteiger partial charge in [-0.3, -0.25) is 9.59 Å². The molecule has 0 unspecified atom stereocenters. The standard InChI is InChI=1S/C19H21NO4S/c1-3-15-8-13(11-25-15)18(21)20-9-16(17(10-20)19(22)23)12-5-4-6-14(7-12)24-2/h4-8,11,16-17H,3,9-10H2,1-2H3,(H,22,23)/t16-,17+/m1/s1. The number of carboxylic acid groups (broad SMARTS) is 1. The van der Waals surface area contributed by atoms with Gasteiger partial charge in [0.1, 0.15) is 5.75 Å². The summed E-state index contributed by atoms with van der Waals surface area (Å²) in [6, 6.07) is 9.34. The third-order valence-electron chi connectivity index (χ3n) is 4.70. The van der Waals surface area contributed by atoms with E-state index in [1.807, 2.05) is 35.7 Å². The minimum atomic E-state index is -0.873. The lowest BCUT2D eigenvalue weighted by Gasteiger charge is -2.16. The molecule has 2 heterocycles. The first-order chi connectivity index (χ1) is 12.0. The van der Waals surface area contributed by atoms with Crippen LogP contribution >= 0.6 is 11.3 Å². The molecule has 1 saturated heterocycles. The molecule has 1 fully saturated rings. The number of nitrogens with zero attached hydrogens (tertiary/aromatic N) is 1. The summed E-state index contributed by atoms with van der Waals surface area (Å²) in [5.41, 5.74) is 1.54. The highest BCUT2D eigenvalue weighted by molar-refractivity contribution is 7.10. The Morgan fingerprint density at radius 2 is 2.12 bits per heavy atom. The van der Waals surface area contributed by atoms with Crippen molar-refractivity contribution in [2.24, 2.45) is 5.92 Å². The molecule has 2 atom stereocenters. The second kappa shape index (κ2) is 7.27. The van der Waals surface area contributed by atoms with Gasteiger partial charge in [-0.1, -0.05) is 19.1 Å². The summed E-state index contributed by atoms with van der Waals surface area (Å²) >= 11 is 1.57. The topological polar surface area (TPSA) is 66.8 Å². The van der Waals surface area contributed by atoms with Crippen LogP contribution in [0.15, 0.2) is 35.7 Å². The number of hydrogen-bond donors (Lipinski definition) is 1. The smallest absolute Gasteiger partial charge is 0.308 e. The number of rotatable bonds is 5. The van der Waals surface area contributed by atoms with Crippen LogP contribution in [-0.4, -0.2) is 42.1 Å². The summed E-state index contributed by atoms with van der Waals surface area (Å²) < 4.78 is 5.24. The quantitative estimate of drug-likeness (QED) is 0.890. The van der Waals surface area contributed by atoms with Gasteiger partial charge in [-0.25, -0.2) is 0 Å². The highest BCUT2D eigenvalue weighted by atomic mass is 32.1. The molecular weight excluding hydrogens is 338 g/mol. The van der Waals surface area contributed by atoms with E-state index in [2.05, 4.69) is 6.92 Å². The van der Waals surface area contributed by atoms with Gasteiger partial charge in [0.25, 0.3) is 5.91 Å². The molecule has 132 valence electrons. The predicted molar refractivity (Wildman–Crippen MR) is 96.5 cm³/mol. The number of carbonyl (C=O) groups excluding carboxylic acids is 1. The number of thiophene rings is 1. The molecule has 0 saturated carbocycles. The maximum absolute atomic E-state index is 12.8. The van der Waals surface area contributed by atoms with E-state index in [1.165, 1.54) is 0 Å². The van der Waals surface area contributed by atoms with Crippen molar-refractivity contribution in [3.8, 4) is 5.75 Å². The van der Waals surface area contributed by atoms with Gasteiger partial charge in [-0.15, -0.1) is 11.3 Å². The Balaban J connectivity index is 1.84. The number of aliphatic carboxylic acids is 1. The van der Waals surface area contributed by atoms with Crippen molar-refractivity contribution in [2.45, 2.75) is 19.3 Å². The summed E-state index contributed by atoms with van der Waals surface area (Å²) in [7, 11) is 1.58. The summed E-state index contributed by atoms with van der Waals surface area (Å²) in [6.07, 6.45) is 0.891. The third-order valence-corrected chi connectivity index (χ3v) is 5.78. The number of hydrogen-bond acceptors (Lipinski definition) is 4. The number of carboxylic acids is 1. The van der Waals surface area contributed by atoms with Crippen LogP contribution in [0.2, 0.25) is 0 Å². The Kier molecular flexibility index (Phi) is 5.08. The van der Waals surface area contributed by atoms with Gasteiger partial charge in [0.05, 0.1) is 18.6 Å². The summed E-state index contributed by atoms with van der Waals surface area (Å²) in [5.74, 6) is -1.12. The monoisotopic (exact) mass is 359 g/mol. The number of aryl methyl sites for hydroxylation is 1. The van der Waals surface area contributed by atoms with E-state index < -0.39 is 11.9 Å². The molecule has 3 rings (SSSR count). The second-order valence-electron chi connectivity index (χ2n) is 6.19. The highest BCUT2D eigenvalue weighted by Crippen LogP contribution is 2.35. The third kappa shape index (κ3) is 3.54. The van der Waals surface area contributed by atoms with Crippen molar-refractivity contribution >= 4 is 23.2 Å². The summed E-state index contributed by atoms with van der Waals surface area (Å²) in [6.45, 7) is 2.68. The first kappa shape index (κ1) is 17.5. The van der Waals surface area contributed by atoms with Crippen molar-refractivity contribution in [3.05, 3.63) is 51.7 Å². The van der Waals surface area contributed by atoms with E-state index in [9.17, 15) is 14.7 Å². The van der Waals surface area contributed by atoms with Crippen LogP contribution in [0.25, 0.3) is 0 Å². The Morgan fingerprint density at radius 3 is 2.76 bits per heavy atom. The molecule has 0 radical (unpaired) electrons. The van der Waals surface area contributed by atoms with Crippen molar-refractivity contribution in [1.82, 2.24) is 4.90 Å². The molecule has 1 amide bonds. The predicted octanol–water partition coefficient (Wildman–Crippen LogP) is 3.26. The fourth-order valence-corrected chi connectivity index (χ4v) is 4.10. The first-order valence-electron chi connectivity index (χ1n) is 8.27. The number of likely N-dealkylation sites (tertiary alicyclic amines) is 1. The van der Waals surface area contributed by atoms with E-state index in [4.69, 9.17) is 4.74 Å². The first-order valence-corrected chi connectivity index (χ1v) is 9.15. The van der Waals surface area contributed by atoms with Crippen molar-refractivity contribution in [2.75, 3.05) is 20.2 Å². The molecule has 1 aromatic carbocycles. The van der Waals surface area contributed by atoms with Gasteiger partial charge < -0.3 is 14.7 Å². The number of ether oxygens (including phenoxy) is 1. The molecular formula is C19H21NO4S. The second-order valence-corrected chi connectivity index (χ2v) is 7.19. The highest BCUT2D eigenvalue weighted by Gasteiger charge is 2.40. The lowest BCUT2D eigenvalue weighted by Crippen LogP contribution is -2.29. The van der Waals surface area contributed by atoms with E-state index in [1.54, 1.807) is 23.3 Å². The molecule has 1 aliphatic rings. The molecule has 6 heteroatoms. The van der Waals surface area contributed by atoms with Crippen LogP contribution in [0.4, 0.5) is 0 Å². The summed E-state index contributed by atoms with van der Waals surface area (Å²) in [5, 5.41) is 11.5. The molecule has 1 aromatic heterocycles. The largest absolute Gasteiger partial charge is 0.497 e. The van der Waals surface area contributed by atoms with E-state index in [0.29, 0.717) is 17.9 Å². The minimum absolute atomic E-state index is 0.0902. The zero-order valence-electron chi connectivity index (χ0n) is 14.3. The van der Waals surface area contributed by atoms with E-state index in [0.717, 1.165) is 16.9 Å². The summed E-state index contributed by atoms with van der Waals surface area (Å²) in [4.78, 5) is 27.3. The fourth-order valence-electron chi connectivity index (χ4n) is 3.29. The molecule has 25 heavy (non-hydrogen) atoms. The fraction of sp³-hybridized carbons (Fsp3) is 0.368. The zero-order valence-corrected chi connectivity index (χ0v) is 15.1. The lowest BCUT2D eigenvalue weighted by molar-refractivity contribution is -0.141. The van der Waals surface area contributed by atoms with Gasteiger partial charge in [0, 0.05) is 29.3 Å². The zero-order chi connectivity index (χ0) is 18.0. The van der Waals surface area contributed by atoms with Crippen LogP contribution in [0.3, 0.4) is 0 Å². The Labute approximate surface area is 150 Å².